The van der Waals surface area contributed by atoms with Gasteiger partial charge in [0, 0.05) is 21.2 Å². The maximum absolute atomic E-state index is 6.26. The van der Waals surface area contributed by atoms with Crippen molar-refractivity contribution in [3.63, 3.8) is 0 Å². The van der Waals surface area contributed by atoms with Crippen molar-refractivity contribution in [2.75, 3.05) is 11.5 Å². The summed E-state index contributed by atoms with van der Waals surface area (Å²) in [6, 6.07) is 13.1. The van der Waals surface area contributed by atoms with Crippen molar-refractivity contribution >= 4 is 23.1 Å². The van der Waals surface area contributed by atoms with Crippen LogP contribution in [0.5, 0.6) is 0 Å². The molecule has 0 aliphatic heterocycles. The van der Waals surface area contributed by atoms with E-state index >= 15 is 0 Å². The van der Waals surface area contributed by atoms with Gasteiger partial charge in [0.1, 0.15) is 0 Å². The highest BCUT2D eigenvalue weighted by molar-refractivity contribution is 7.99. The topological polar surface area (TPSA) is 52.0 Å². The summed E-state index contributed by atoms with van der Waals surface area (Å²) in [6.45, 7) is 4.60. The SMILES string of the molecule is CCCCCCCCCCCCCCCCc1cc(N)ccc1Sc1ccc(N)cc1CCCCCCCCCCCCCCCC. The zero-order chi connectivity index (χ0) is 33.6. The predicted molar refractivity (Wildman–Crippen MR) is 214 cm³/mol. The minimum atomic E-state index is 0.884. The van der Waals surface area contributed by atoms with E-state index in [9.17, 15) is 0 Å². The lowest BCUT2D eigenvalue weighted by Gasteiger charge is -2.14. The second-order valence-electron chi connectivity index (χ2n) is 14.5. The molecule has 0 aromatic heterocycles. The standard InChI is InChI=1S/C44H76N2S/c1-3-5-7-9-11-13-15-17-19-21-23-25-27-29-31-39-37-41(45)33-35-43(39)47-44-36-34-42(46)38-40(44)32-30-28-26-24-22-20-18-16-14-12-10-8-6-4-2/h33-38H,3-32,45-46H2,1-2H3. The Morgan fingerprint density at radius 3 is 0.894 bits per heavy atom. The van der Waals surface area contributed by atoms with E-state index in [0.29, 0.717) is 0 Å². The summed E-state index contributed by atoms with van der Waals surface area (Å²) in [5, 5.41) is 0. The molecule has 0 amide bonds. The molecular weight excluding hydrogens is 589 g/mol. The zero-order valence-electron chi connectivity index (χ0n) is 31.2. The monoisotopic (exact) mass is 665 g/mol. The fourth-order valence-corrected chi connectivity index (χ4v) is 8.02. The van der Waals surface area contributed by atoms with Gasteiger partial charge in [-0.1, -0.05) is 193 Å². The van der Waals surface area contributed by atoms with E-state index in [1.165, 1.54) is 201 Å². The highest BCUT2D eigenvalue weighted by Crippen LogP contribution is 2.36. The zero-order valence-corrected chi connectivity index (χ0v) is 32.1. The van der Waals surface area contributed by atoms with Crippen LogP contribution in [0.1, 0.15) is 205 Å². The molecular formula is C44H76N2S. The third-order valence-corrected chi connectivity index (χ3v) is 11.2. The first-order chi connectivity index (χ1) is 23.1. The average Bonchev–Trinajstić information content (AvgIpc) is 3.07. The van der Waals surface area contributed by atoms with Crippen molar-refractivity contribution in [1.82, 2.24) is 0 Å². The van der Waals surface area contributed by atoms with Crippen molar-refractivity contribution < 1.29 is 0 Å². The normalized spacial score (nSPS) is 11.4. The highest BCUT2D eigenvalue weighted by Gasteiger charge is 2.10. The molecule has 0 bridgehead atoms. The van der Waals surface area contributed by atoms with Crippen LogP contribution < -0.4 is 11.5 Å². The molecule has 0 saturated heterocycles. The second kappa shape index (κ2) is 29.3. The molecule has 47 heavy (non-hydrogen) atoms. The molecule has 0 saturated carbocycles. The molecule has 0 unspecified atom stereocenters. The lowest BCUT2D eigenvalue weighted by Crippen LogP contribution is -1.96. The highest BCUT2D eigenvalue weighted by atomic mass is 32.2. The number of hydrogen-bond acceptors (Lipinski definition) is 3. The maximum atomic E-state index is 6.26. The lowest BCUT2D eigenvalue weighted by molar-refractivity contribution is 0.535. The number of aryl methyl sites for hydroxylation is 2. The summed E-state index contributed by atoms with van der Waals surface area (Å²) in [7, 11) is 0. The number of unbranched alkanes of at least 4 members (excludes halogenated alkanes) is 26. The Bertz CT molecular complexity index is 923. The molecule has 4 N–H and O–H groups in total. The predicted octanol–water partition coefficient (Wildman–Crippen LogP) is 15.0. The number of nitrogens with two attached hydrogens (primary N) is 2. The number of rotatable bonds is 32. The fourth-order valence-electron chi connectivity index (χ4n) is 6.93. The molecule has 0 atom stereocenters. The fraction of sp³-hybridized carbons (Fsp3) is 0.727. The van der Waals surface area contributed by atoms with Crippen LogP contribution in [-0.2, 0) is 12.8 Å². The molecule has 0 fully saturated rings. The van der Waals surface area contributed by atoms with Gasteiger partial charge in [-0.15, -0.1) is 0 Å². The number of nitrogen functional groups attached to an aromatic ring is 2. The van der Waals surface area contributed by atoms with Gasteiger partial charge in [0.05, 0.1) is 0 Å². The molecule has 0 heterocycles. The smallest absolute Gasteiger partial charge is 0.0317 e. The Kier molecular flexibility index (Phi) is 25.9. The van der Waals surface area contributed by atoms with Gasteiger partial charge in [0.15, 0.2) is 0 Å². The molecule has 2 rings (SSSR count). The number of benzene rings is 2. The Labute approximate surface area is 297 Å². The molecule has 0 spiro atoms. The van der Waals surface area contributed by atoms with Crippen molar-refractivity contribution in [2.24, 2.45) is 0 Å². The summed E-state index contributed by atoms with van der Waals surface area (Å²) < 4.78 is 0. The van der Waals surface area contributed by atoms with Crippen molar-refractivity contribution in [2.45, 2.75) is 216 Å². The molecule has 268 valence electrons. The Hall–Kier alpha value is -1.61. The van der Waals surface area contributed by atoms with E-state index in [4.69, 9.17) is 11.5 Å². The third kappa shape index (κ3) is 21.9. The van der Waals surface area contributed by atoms with Crippen LogP contribution in [0.2, 0.25) is 0 Å². The molecule has 0 aliphatic rings. The van der Waals surface area contributed by atoms with Crippen LogP contribution in [0.25, 0.3) is 0 Å². The van der Waals surface area contributed by atoms with E-state index in [0.717, 1.165) is 24.2 Å². The van der Waals surface area contributed by atoms with Gasteiger partial charge in [-0.2, -0.15) is 0 Å². The number of anilines is 2. The van der Waals surface area contributed by atoms with Crippen LogP contribution >= 0.6 is 11.8 Å². The molecule has 2 nitrogen and oxygen atoms in total. The largest absolute Gasteiger partial charge is 0.399 e. The van der Waals surface area contributed by atoms with Crippen LogP contribution in [0.4, 0.5) is 11.4 Å². The van der Waals surface area contributed by atoms with Gasteiger partial charge >= 0.3 is 0 Å². The first kappa shape index (κ1) is 41.6. The van der Waals surface area contributed by atoms with Gasteiger partial charge < -0.3 is 11.5 Å². The second-order valence-corrected chi connectivity index (χ2v) is 15.6. The van der Waals surface area contributed by atoms with Crippen LogP contribution in [0, 0.1) is 0 Å². The van der Waals surface area contributed by atoms with E-state index in [1.807, 2.05) is 11.8 Å². The quantitative estimate of drug-likeness (QED) is 0.0604. The average molecular weight is 665 g/mol. The summed E-state index contributed by atoms with van der Waals surface area (Å²) in [6.07, 6.45) is 41.4. The van der Waals surface area contributed by atoms with Gasteiger partial charge in [-0.3, -0.25) is 0 Å². The van der Waals surface area contributed by atoms with Gasteiger partial charge in [0.2, 0.25) is 0 Å². The third-order valence-electron chi connectivity index (χ3n) is 9.99. The minimum Gasteiger partial charge on any atom is -0.399 e. The minimum absolute atomic E-state index is 0.884. The van der Waals surface area contributed by atoms with Crippen LogP contribution in [-0.4, -0.2) is 0 Å². The first-order valence-electron chi connectivity index (χ1n) is 20.6. The van der Waals surface area contributed by atoms with Crippen molar-refractivity contribution in [3.8, 4) is 0 Å². The molecule has 3 heteroatoms. The lowest BCUT2D eigenvalue weighted by atomic mass is 10.0. The molecule has 0 aliphatic carbocycles. The van der Waals surface area contributed by atoms with Crippen LogP contribution in [0.15, 0.2) is 46.2 Å². The summed E-state index contributed by atoms with van der Waals surface area (Å²) >= 11 is 1.92. The summed E-state index contributed by atoms with van der Waals surface area (Å²) in [5.41, 5.74) is 17.1. The van der Waals surface area contributed by atoms with Crippen LogP contribution in [0.3, 0.4) is 0 Å². The number of hydrogen-bond donors (Lipinski definition) is 2. The molecule has 0 radical (unpaired) electrons. The summed E-state index contributed by atoms with van der Waals surface area (Å²) in [4.78, 5) is 2.72. The van der Waals surface area contributed by atoms with E-state index in [1.54, 1.807) is 0 Å². The van der Waals surface area contributed by atoms with Gasteiger partial charge in [-0.05, 0) is 73.2 Å². The van der Waals surface area contributed by atoms with Crippen molar-refractivity contribution in [3.05, 3.63) is 47.5 Å². The first-order valence-corrected chi connectivity index (χ1v) is 21.4. The molecule has 2 aromatic rings. The van der Waals surface area contributed by atoms with Gasteiger partial charge in [0.25, 0.3) is 0 Å². The Morgan fingerprint density at radius 1 is 0.362 bits per heavy atom. The molecule has 2 aromatic carbocycles. The Morgan fingerprint density at radius 2 is 0.617 bits per heavy atom. The van der Waals surface area contributed by atoms with E-state index in [-0.39, 0.29) is 0 Å². The van der Waals surface area contributed by atoms with E-state index in [2.05, 4.69) is 50.2 Å². The van der Waals surface area contributed by atoms with E-state index < -0.39 is 0 Å². The van der Waals surface area contributed by atoms with Gasteiger partial charge in [-0.25, -0.2) is 0 Å². The summed E-state index contributed by atoms with van der Waals surface area (Å²) in [5.74, 6) is 0. The Balaban J connectivity index is 1.63. The maximum Gasteiger partial charge on any atom is 0.0317 e. The van der Waals surface area contributed by atoms with Crippen molar-refractivity contribution in [1.29, 1.82) is 0 Å².